The van der Waals surface area contributed by atoms with E-state index in [1.165, 1.54) is 5.56 Å². The van der Waals surface area contributed by atoms with Crippen molar-refractivity contribution < 1.29 is 4.74 Å². The van der Waals surface area contributed by atoms with Gasteiger partial charge < -0.3 is 4.74 Å². The van der Waals surface area contributed by atoms with Gasteiger partial charge in [-0.25, -0.2) is 0 Å². The highest BCUT2D eigenvalue weighted by molar-refractivity contribution is 5.13. The van der Waals surface area contributed by atoms with Crippen LogP contribution < -0.4 is 0 Å². The van der Waals surface area contributed by atoms with E-state index >= 15 is 0 Å². The zero-order chi connectivity index (χ0) is 13.4. The predicted octanol–water partition coefficient (Wildman–Crippen LogP) is 4.20. The van der Waals surface area contributed by atoms with Gasteiger partial charge in [0.15, 0.2) is 0 Å². The number of hydrogen-bond acceptors (Lipinski definition) is 1. The van der Waals surface area contributed by atoms with Gasteiger partial charge in [-0.15, -0.1) is 12.3 Å². The third-order valence-electron chi connectivity index (χ3n) is 2.97. The van der Waals surface area contributed by atoms with Gasteiger partial charge in [-0.2, -0.15) is 0 Å². The SMILES string of the molecule is C#CCC(C)(C)C(C=CC)OCc1ccccc1. The van der Waals surface area contributed by atoms with Crippen LogP contribution in [-0.4, -0.2) is 6.10 Å². The molecule has 1 nitrogen and oxygen atoms in total. The van der Waals surface area contributed by atoms with E-state index in [2.05, 4.69) is 38.0 Å². The summed E-state index contributed by atoms with van der Waals surface area (Å²) in [6, 6.07) is 10.2. The van der Waals surface area contributed by atoms with Crippen LogP contribution in [0, 0.1) is 17.8 Å². The monoisotopic (exact) mass is 242 g/mol. The summed E-state index contributed by atoms with van der Waals surface area (Å²) in [5.74, 6) is 2.73. The molecule has 0 spiro atoms. The molecule has 1 heteroatoms. The van der Waals surface area contributed by atoms with Crippen LogP contribution in [0.4, 0.5) is 0 Å². The molecule has 0 radical (unpaired) electrons. The second-order valence-corrected chi connectivity index (χ2v) is 5.11. The fourth-order valence-corrected chi connectivity index (χ4v) is 1.84. The van der Waals surface area contributed by atoms with Crippen molar-refractivity contribution in [3.05, 3.63) is 48.0 Å². The minimum atomic E-state index is -0.0456. The van der Waals surface area contributed by atoms with Gasteiger partial charge in [0.1, 0.15) is 0 Å². The van der Waals surface area contributed by atoms with Crippen LogP contribution in [-0.2, 0) is 11.3 Å². The molecule has 1 unspecified atom stereocenters. The van der Waals surface area contributed by atoms with E-state index in [4.69, 9.17) is 11.2 Å². The fraction of sp³-hybridized carbons (Fsp3) is 0.412. The van der Waals surface area contributed by atoms with Crippen LogP contribution in [0.25, 0.3) is 0 Å². The molecule has 18 heavy (non-hydrogen) atoms. The first kappa shape index (κ1) is 14.5. The molecule has 0 aliphatic heterocycles. The summed E-state index contributed by atoms with van der Waals surface area (Å²) in [7, 11) is 0. The van der Waals surface area contributed by atoms with Crippen molar-refractivity contribution in [2.45, 2.75) is 39.9 Å². The summed E-state index contributed by atoms with van der Waals surface area (Å²) in [5, 5.41) is 0. The Morgan fingerprint density at radius 2 is 2.00 bits per heavy atom. The third-order valence-corrected chi connectivity index (χ3v) is 2.97. The Bertz CT molecular complexity index is 409. The summed E-state index contributed by atoms with van der Waals surface area (Å²) in [4.78, 5) is 0. The van der Waals surface area contributed by atoms with Crippen molar-refractivity contribution in [1.82, 2.24) is 0 Å². The highest BCUT2D eigenvalue weighted by Crippen LogP contribution is 2.29. The highest BCUT2D eigenvalue weighted by Gasteiger charge is 2.27. The topological polar surface area (TPSA) is 9.23 Å². The van der Waals surface area contributed by atoms with Crippen LogP contribution in [0.3, 0.4) is 0 Å². The Morgan fingerprint density at radius 3 is 2.56 bits per heavy atom. The van der Waals surface area contributed by atoms with Gasteiger partial charge in [-0.1, -0.05) is 56.3 Å². The quantitative estimate of drug-likeness (QED) is 0.536. The zero-order valence-corrected chi connectivity index (χ0v) is 11.5. The molecule has 0 saturated heterocycles. The molecular formula is C17H22O. The molecule has 0 N–H and O–H groups in total. The van der Waals surface area contributed by atoms with Crippen molar-refractivity contribution >= 4 is 0 Å². The molecule has 0 amide bonds. The Balaban J connectivity index is 2.67. The molecule has 1 rings (SSSR count). The van der Waals surface area contributed by atoms with E-state index in [9.17, 15) is 0 Å². The van der Waals surface area contributed by atoms with Gasteiger partial charge in [0.2, 0.25) is 0 Å². The number of allylic oxidation sites excluding steroid dienone is 1. The maximum atomic E-state index is 6.00. The Hall–Kier alpha value is -1.52. The van der Waals surface area contributed by atoms with E-state index in [1.54, 1.807) is 0 Å². The summed E-state index contributed by atoms with van der Waals surface area (Å²) >= 11 is 0. The molecule has 0 bridgehead atoms. The normalized spacial score (nSPS) is 13.4. The zero-order valence-electron chi connectivity index (χ0n) is 11.5. The highest BCUT2D eigenvalue weighted by atomic mass is 16.5. The van der Waals surface area contributed by atoms with Crippen molar-refractivity contribution in [1.29, 1.82) is 0 Å². The Kier molecular flexibility index (Phi) is 5.68. The maximum absolute atomic E-state index is 6.00. The smallest absolute Gasteiger partial charge is 0.0820 e. The lowest BCUT2D eigenvalue weighted by molar-refractivity contribution is -0.00191. The van der Waals surface area contributed by atoms with E-state index < -0.39 is 0 Å². The molecule has 0 heterocycles. The maximum Gasteiger partial charge on any atom is 0.0820 e. The van der Waals surface area contributed by atoms with E-state index in [1.807, 2.05) is 31.2 Å². The van der Waals surface area contributed by atoms with Crippen molar-refractivity contribution in [2.24, 2.45) is 5.41 Å². The van der Waals surface area contributed by atoms with Crippen molar-refractivity contribution in [2.75, 3.05) is 0 Å². The minimum Gasteiger partial charge on any atom is -0.369 e. The van der Waals surface area contributed by atoms with Gasteiger partial charge in [-0.05, 0) is 12.5 Å². The largest absolute Gasteiger partial charge is 0.369 e. The average molecular weight is 242 g/mol. The standard InChI is InChI=1S/C17H22O/c1-5-10-16(17(3,4)13-6-2)18-14-15-11-8-7-9-12-15/h2,5,7-12,16H,13-14H2,1,3-4H3. The summed E-state index contributed by atoms with van der Waals surface area (Å²) in [5.41, 5.74) is 1.14. The number of hydrogen-bond donors (Lipinski definition) is 0. The van der Waals surface area contributed by atoms with Gasteiger partial charge in [0.25, 0.3) is 0 Å². The first-order valence-corrected chi connectivity index (χ1v) is 6.32. The lowest BCUT2D eigenvalue weighted by Crippen LogP contribution is -2.30. The molecule has 1 aromatic carbocycles. The molecule has 0 fully saturated rings. The molecule has 1 aromatic rings. The number of ether oxygens (including phenoxy) is 1. The molecule has 0 aliphatic rings. The molecule has 96 valence electrons. The van der Waals surface area contributed by atoms with E-state index in [0.29, 0.717) is 13.0 Å². The lowest BCUT2D eigenvalue weighted by atomic mass is 9.83. The first-order chi connectivity index (χ1) is 8.60. The van der Waals surface area contributed by atoms with Gasteiger partial charge in [0.05, 0.1) is 12.7 Å². The van der Waals surface area contributed by atoms with Crippen LogP contribution in [0.1, 0.15) is 32.8 Å². The Labute approximate surface area is 111 Å². The number of benzene rings is 1. The number of rotatable bonds is 6. The van der Waals surface area contributed by atoms with Crippen molar-refractivity contribution in [3.8, 4) is 12.3 Å². The third kappa shape index (κ3) is 4.39. The van der Waals surface area contributed by atoms with Crippen LogP contribution >= 0.6 is 0 Å². The summed E-state index contributed by atoms with van der Waals surface area (Å²) in [6.07, 6.45) is 10.3. The van der Waals surface area contributed by atoms with E-state index in [0.717, 1.165) is 0 Å². The molecule has 0 aliphatic carbocycles. The summed E-state index contributed by atoms with van der Waals surface area (Å²) < 4.78 is 6.00. The Morgan fingerprint density at radius 1 is 1.33 bits per heavy atom. The predicted molar refractivity (Wildman–Crippen MR) is 77.1 cm³/mol. The molecular weight excluding hydrogens is 220 g/mol. The van der Waals surface area contributed by atoms with Gasteiger partial charge in [0, 0.05) is 11.8 Å². The second-order valence-electron chi connectivity index (χ2n) is 5.11. The minimum absolute atomic E-state index is 0.0405. The van der Waals surface area contributed by atoms with Gasteiger partial charge >= 0.3 is 0 Å². The van der Waals surface area contributed by atoms with E-state index in [-0.39, 0.29) is 11.5 Å². The van der Waals surface area contributed by atoms with Crippen LogP contribution in [0.15, 0.2) is 42.5 Å². The fourth-order valence-electron chi connectivity index (χ4n) is 1.84. The van der Waals surface area contributed by atoms with Gasteiger partial charge in [-0.3, -0.25) is 0 Å². The summed E-state index contributed by atoms with van der Waals surface area (Å²) in [6.45, 7) is 6.90. The lowest BCUT2D eigenvalue weighted by Gasteiger charge is -2.30. The van der Waals surface area contributed by atoms with Crippen LogP contribution in [0.5, 0.6) is 0 Å². The van der Waals surface area contributed by atoms with Crippen LogP contribution in [0.2, 0.25) is 0 Å². The second kappa shape index (κ2) is 7.03. The molecule has 1 atom stereocenters. The van der Waals surface area contributed by atoms with Crippen molar-refractivity contribution in [3.63, 3.8) is 0 Å². The average Bonchev–Trinajstić information content (AvgIpc) is 2.35. The molecule has 0 aromatic heterocycles. The first-order valence-electron chi connectivity index (χ1n) is 6.32. The number of terminal acetylenes is 1. The molecule has 0 saturated carbocycles.